The Balaban J connectivity index is 1.58. The molecule has 6 heteroatoms. The van der Waals surface area contributed by atoms with Crippen LogP contribution in [-0.4, -0.2) is 26.4 Å². The van der Waals surface area contributed by atoms with E-state index in [-0.39, 0.29) is 11.7 Å². The molecule has 5 nitrogen and oxygen atoms in total. The Morgan fingerprint density at radius 1 is 0.900 bits per heavy atom. The summed E-state index contributed by atoms with van der Waals surface area (Å²) >= 11 is 1.37. The normalized spacial score (nSPS) is 10.7. The standard InChI is InChI=1S/C24H22N4OS/c1-17-11-13-19(14-12-17)23-26-27-24(28(23)21-9-4-3-5-10-21)30-16-22(29)25-20-8-6-7-18(2)15-20/h3-15H,16H2,1-2H3,(H,25,29). The average Bonchev–Trinajstić information content (AvgIpc) is 3.17. The lowest BCUT2D eigenvalue weighted by atomic mass is 10.1. The van der Waals surface area contributed by atoms with Crippen molar-refractivity contribution in [2.45, 2.75) is 19.0 Å². The number of rotatable bonds is 6. The van der Waals surface area contributed by atoms with Crippen LogP contribution in [0.4, 0.5) is 5.69 Å². The van der Waals surface area contributed by atoms with E-state index in [0.717, 1.165) is 28.3 Å². The number of carbonyl (C=O) groups is 1. The summed E-state index contributed by atoms with van der Waals surface area (Å²) in [6, 6.07) is 25.9. The summed E-state index contributed by atoms with van der Waals surface area (Å²) in [6.45, 7) is 4.05. The number of nitrogens with zero attached hydrogens (tertiary/aromatic N) is 3. The summed E-state index contributed by atoms with van der Waals surface area (Å²) < 4.78 is 2.00. The molecule has 4 aromatic rings. The second kappa shape index (κ2) is 8.97. The van der Waals surface area contributed by atoms with Crippen LogP contribution in [0.3, 0.4) is 0 Å². The number of para-hydroxylation sites is 1. The fourth-order valence-corrected chi connectivity index (χ4v) is 3.86. The third kappa shape index (κ3) is 4.60. The molecule has 3 aromatic carbocycles. The van der Waals surface area contributed by atoms with Crippen molar-refractivity contribution in [3.05, 3.63) is 90.0 Å². The first-order valence-corrected chi connectivity index (χ1v) is 10.7. The third-order valence-electron chi connectivity index (χ3n) is 4.59. The second-order valence-corrected chi connectivity index (χ2v) is 7.99. The first-order valence-electron chi connectivity index (χ1n) is 9.67. The minimum absolute atomic E-state index is 0.0786. The predicted octanol–water partition coefficient (Wildman–Crippen LogP) is 5.28. The van der Waals surface area contributed by atoms with E-state index in [1.807, 2.05) is 78.2 Å². The van der Waals surface area contributed by atoms with E-state index in [0.29, 0.717) is 5.16 Å². The van der Waals surface area contributed by atoms with E-state index in [2.05, 4.69) is 34.6 Å². The van der Waals surface area contributed by atoms with E-state index in [9.17, 15) is 4.79 Å². The molecule has 0 saturated heterocycles. The minimum atomic E-state index is -0.0786. The summed E-state index contributed by atoms with van der Waals surface area (Å²) in [4.78, 5) is 12.5. The number of hydrogen-bond donors (Lipinski definition) is 1. The molecule has 0 fully saturated rings. The summed E-state index contributed by atoms with van der Waals surface area (Å²) in [7, 11) is 0. The number of hydrogen-bond acceptors (Lipinski definition) is 4. The van der Waals surface area contributed by atoms with Crippen LogP contribution in [0.15, 0.2) is 84.0 Å². The van der Waals surface area contributed by atoms with Gasteiger partial charge < -0.3 is 5.32 Å². The molecule has 4 rings (SSSR count). The van der Waals surface area contributed by atoms with Crippen LogP contribution in [0.1, 0.15) is 11.1 Å². The maximum absolute atomic E-state index is 12.5. The molecule has 1 N–H and O–H groups in total. The van der Waals surface area contributed by atoms with Gasteiger partial charge >= 0.3 is 0 Å². The molecule has 30 heavy (non-hydrogen) atoms. The van der Waals surface area contributed by atoms with Crippen LogP contribution in [0.25, 0.3) is 17.1 Å². The zero-order valence-corrected chi connectivity index (χ0v) is 17.7. The van der Waals surface area contributed by atoms with Crippen molar-refractivity contribution < 1.29 is 4.79 Å². The number of benzene rings is 3. The van der Waals surface area contributed by atoms with Crippen molar-refractivity contribution >= 4 is 23.4 Å². The van der Waals surface area contributed by atoms with Gasteiger partial charge in [0, 0.05) is 16.9 Å². The zero-order valence-electron chi connectivity index (χ0n) is 16.9. The first-order chi connectivity index (χ1) is 14.6. The monoisotopic (exact) mass is 414 g/mol. The van der Waals surface area contributed by atoms with Gasteiger partial charge in [0.2, 0.25) is 5.91 Å². The lowest BCUT2D eigenvalue weighted by molar-refractivity contribution is -0.113. The fourth-order valence-electron chi connectivity index (χ4n) is 3.11. The van der Waals surface area contributed by atoms with E-state index >= 15 is 0 Å². The van der Waals surface area contributed by atoms with Crippen molar-refractivity contribution in [2.75, 3.05) is 11.1 Å². The van der Waals surface area contributed by atoms with Crippen molar-refractivity contribution in [3.63, 3.8) is 0 Å². The van der Waals surface area contributed by atoms with E-state index in [1.54, 1.807) is 0 Å². The van der Waals surface area contributed by atoms with Gasteiger partial charge in [0.05, 0.1) is 5.75 Å². The Morgan fingerprint density at radius 3 is 2.40 bits per heavy atom. The van der Waals surface area contributed by atoms with Gasteiger partial charge in [0.15, 0.2) is 11.0 Å². The van der Waals surface area contributed by atoms with Gasteiger partial charge in [-0.1, -0.05) is 71.9 Å². The van der Waals surface area contributed by atoms with Gasteiger partial charge in [-0.25, -0.2) is 0 Å². The number of carbonyl (C=O) groups excluding carboxylic acids is 1. The number of aromatic nitrogens is 3. The van der Waals surface area contributed by atoms with Gasteiger partial charge in [-0.2, -0.15) is 0 Å². The number of amides is 1. The lowest BCUT2D eigenvalue weighted by Gasteiger charge is -2.11. The molecular weight excluding hydrogens is 392 g/mol. The van der Waals surface area contributed by atoms with Crippen LogP contribution in [0.5, 0.6) is 0 Å². The summed E-state index contributed by atoms with van der Waals surface area (Å²) in [5.41, 5.74) is 5.03. The molecule has 0 aliphatic carbocycles. The Morgan fingerprint density at radius 2 is 1.67 bits per heavy atom. The van der Waals surface area contributed by atoms with Crippen LogP contribution < -0.4 is 5.32 Å². The fraction of sp³-hybridized carbons (Fsp3) is 0.125. The van der Waals surface area contributed by atoms with Crippen molar-refractivity contribution in [1.82, 2.24) is 14.8 Å². The van der Waals surface area contributed by atoms with E-state index in [4.69, 9.17) is 0 Å². The Bertz CT molecular complexity index is 1150. The lowest BCUT2D eigenvalue weighted by Crippen LogP contribution is -2.14. The smallest absolute Gasteiger partial charge is 0.234 e. The molecule has 1 amide bonds. The Hall–Kier alpha value is -3.38. The average molecular weight is 415 g/mol. The molecular formula is C24H22N4OS. The summed E-state index contributed by atoms with van der Waals surface area (Å²) in [6.07, 6.45) is 0. The molecule has 0 saturated carbocycles. The second-order valence-electron chi connectivity index (χ2n) is 7.05. The molecule has 0 radical (unpaired) electrons. The molecule has 0 aliphatic heterocycles. The SMILES string of the molecule is Cc1ccc(-c2nnc(SCC(=O)Nc3cccc(C)c3)n2-c2ccccc2)cc1. The highest BCUT2D eigenvalue weighted by Crippen LogP contribution is 2.28. The molecule has 0 bridgehead atoms. The van der Waals surface area contributed by atoms with E-state index in [1.165, 1.54) is 17.3 Å². The van der Waals surface area contributed by atoms with Gasteiger partial charge in [0.25, 0.3) is 0 Å². The zero-order chi connectivity index (χ0) is 20.9. The maximum Gasteiger partial charge on any atom is 0.234 e. The van der Waals surface area contributed by atoms with E-state index < -0.39 is 0 Å². The van der Waals surface area contributed by atoms with Gasteiger partial charge in [-0.05, 0) is 43.7 Å². The van der Waals surface area contributed by atoms with Gasteiger partial charge in [-0.15, -0.1) is 10.2 Å². The van der Waals surface area contributed by atoms with Gasteiger partial charge in [0.1, 0.15) is 0 Å². The molecule has 1 heterocycles. The highest BCUT2D eigenvalue weighted by molar-refractivity contribution is 7.99. The summed E-state index contributed by atoms with van der Waals surface area (Å²) in [5.74, 6) is 0.917. The maximum atomic E-state index is 12.5. The minimum Gasteiger partial charge on any atom is -0.325 e. The van der Waals surface area contributed by atoms with Crippen LogP contribution >= 0.6 is 11.8 Å². The van der Waals surface area contributed by atoms with Crippen molar-refractivity contribution in [3.8, 4) is 17.1 Å². The quantitative estimate of drug-likeness (QED) is 0.436. The molecule has 0 unspecified atom stereocenters. The van der Waals surface area contributed by atoms with Crippen LogP contribution in [-0.2, 0) is 4.79 Å². The van der Waals surface area contributed by atoms with Crippen molar-refractivity contribution in [2.24, 2.45) is 0 Å². The van der Waals surface area contributed by atoms with Crippen LogP contribution in [0.2, 0.25) is 0 Å². The number of nitrogens with one attached hydrogen (secondary N) is 1. The topological polar surface area (TPSA) is 59.8 Å². The number of thioether (sulfide) groups is 1. The number of anilines is 1. The third-order valence-corrected chi connectivity index (χ3v) is 5.52. The van der Waals surface area contributed by atoms with Crippen LogP contribution in [0, 0.1) is 13.8 Å². The number of aryl methyl sites for hydroxylation is 2. The molecule has 0 spiro atoms. The molecule has 1 aromatic heterocycles. The molecule has 0 aliphatic rings. The highest BCUT2D eigenvalue weighted by Gasteiger charge is 2.17. The highest BCUT2D eigenvalue weighted by atomic mass is 32.2. The van der Waals surface area contributed by atoms with Gasteiger partial charge in [-0.3, -0.25) is 9.36 Å². The Kier molecular flexibility index (Phi) is 5.95. The molecule has 150 valence electrons. The first kappa shape index (κ1) is 19.9. The predicted molar refractivity (Wildman–Crippen MR) is 122 cm³/mol. The Labute approximate surface area is 180 Å². The summed E-state index contributed by atoms with van der Waals surface area (Å²) in [5, 5.41) is 12.4. The largest absolute Gasteiger partial charge is 0.325 e. The molecule has 0 atom stereocenters. The van der Waals surface area contributed by atoms with Crippen molar-refractivity contribution in [1.29, 1.82) is 0 Å².